The van der Waals surface area contributed by atoms with E-state index in [1.54, 1.807) is 7.05 Å². The lowest BCUT2D eigenvalue weighted by Gasteiger charge is -1.76. The van der Waals surface area contributed by atoms with Crippen LogP contribution in [0, 0.1) is 0 Å². The molecule has 1 rings (SSSR count). The summed E-state index contributed by atoms with van der Waals surface area (Å²) >= 11 is 0. The van der Waals surface area contributed by atoms with Gasteiger partial charge in [-0.2, -0.15) is 0 Å². The highest BCUT2D eigenvalue weighted by atomic mass is 16.1. The molecule has 42 valence electrons. The van der Waals surface area contributed by atoms with Crippen molar-refractivity contribution in [1.29, 1.82) is 0 Å². The van der Waals surface area contributed by atoms with Crippen LogP contribution in [0.4, 0.5) is 0 Å². The molecule has 0 N–H and O–H groups in total. The Morgan fingerprint density at radius 3 is 2.88 bits per heavy atom. The number of aldehydes is 1. The molecule has 1 aromatic heterocycles. The van der Waals surface area contributed by atoms with Crippen molar-refractivity contribution in [3.63, 3.8) is 0 Å². The standard InChI is InChI=1S/C4H5N3O/c1-7-3-5-4(2-8)6-7/h2-3H,1H3. The Morgan fingerprint density at radius 2 is 2.62 bits per heavy atom. The number of hydrogen-bond donors (Lipinski definition) is 0. The van der Waals surface area contributed by atoms with Crippen LogP contribution in [-0.4, -0.2) is 21.1 Å². The van der Waals surface area contributed by atoms with Crippen LogP contribution < -0.4 is 0 Å². The van der Waals surface area contributed by atoms with Gasteiger partial charge < -0.3 is 0 Å². The fraction of sp³-hybridized carbons (Fsp3) is 0.250. The molecule has 0 amide bonds. The lowest BCUT2D eigenvalue weighted by atomic mass is 10.7. The molecule has 0 aliphatic carbocycles. The molecule has 0 bridgehead atoms. The van der Waals surface area contributed by atoms with Gasteiger partial charge in [0.1, 0.15) is 6.33 Å². The summed E-state index contributed by atoms with van der Waals surface area (Å²) in [5.74, 6) is 0.229. The first-order chi connectivity index (χ1) is 3.83. The van der Waals surface area contributed by atoms with Gasteiger partial charge in [0.15, 0.2) is 6.29 Å². The van der Waals surface area contributed by atoms with Crippen molar-refractivity contribution < 1.29 is 4.79 Å². The molecule has 0 saturated carbocycles. The van der Waals surface area contributed by atoms with Gasteiger partial charge in [-0.25, -0.2) is 4.98 Å². The molecule has 1 heterocycles. The van der Waals surface area contributed by atoms with Crippen molar-refractivity contribution in [1.82, 2.24) is 14.8 Å². The molecule has 1 aromatic rings. The number of carbonyl (C=O) groups excluding carboxylic acids is 1. The van der Waals surface area contributed by atoms with Gasteiger partial charge in [-0.3, -0.25) is 9.48 Å². The number of carbonyl (C=O) groups is 1. The minimum absolute atomic E-state index is 0.229. The quantitative estimate of drug-likeness (QED) is 0.464. The highest BCUT2D eigenvalue weighted by Gasteiger charge is 1.90. The maximum Gasteiger partial charge on any atom is 0.213 e. The smallest absolute Gasteiger partial charge is 0.213 e. The lowest BCUT2D eigenvalue weighted by molar-refractivity contribution is 0.111. The molecule has 4 heteroatoms. The van der Waals surface area contributed by atoms with Gasteiger partial charge in [0, 0.05) is 7.05 Å². The number of aryl methyl sites for hydroxylation is 1. The van der Waals surface area contributed by atoms with Gasteiger partial charge in [-0.15, -0.1) is 5.10 Å². The highest BCUT2D eigenvalue weighted by Crippen LogP contribution is 1.78. The molecule has 0 unspecified atom stereocenters. The maximum atomic E-state index is 9.88. The Kier molecular flexibility index (Phi) is 1.07. The van der Waals surface area contributed by atoms with Crippen LogP contribution in [0.25, 0.3) is 0 Å². The molecule has 0 spiro atoms. The van der Waals surface area contributed by atoms with Gasteiger partial charge in [-0.1, -0.05) is 0 Å². The van der Waals surface area contributed by atoms with Crippen LogP contribution in [0.15, 0.2) is 6.33 Å². The van der Waals surface area contributed by atoms with Crippen molar-refractivity contribution in [2.45, 2.75) is 0 Å². The summed E-state index contributed by atoms with van der Waals surface area (Å²) in [6.07, 6.45) is 2.09. The third-order valence-corrected chi connectivity index (χ3v) is 0.723. The number of aromatic nitrogens is 3. The second-order valence-corrected chi connectivity index (χ2v) is 1.39. The first-order valence-corrected chi connectivity index (χ1v) is 2.14. The number of rotatable bonds is 1. The Hall–Kier alpha value is -1.19. The van der Waals surface area contributed by atoms with Gasteiger partial charge in [-0.05, 0) is 0 Å². The van der Waals surface area contributed by atoms with Crippen molar-refractivity contribution in [2.24, 2.45) is 7.05 Å². The molecule has 0 radical (unpaired) electrons. The van der Waals surface area contributed by atoms with Gasteiger partial charge in [0.25, 0.3) is 0 Å². The van der Waals surface area contributed by atoms with Crippen LogP contribution in [-0.2, 0) is 7.05 Å². The molecular formula is C4H5N3O. The first-order valence-electron chi connectivity index (χ1n) is 2.14. The monoisotopic (exact) mass is 111 g/mol. The second kappa shape index (κ2) is 1.73. The zero-order chi connectivity index (χ0) is 5.98. The van der Waals surface area contributed by atoms with E-state index >= 15 is 0 Å². The van der Waals surface area contributed by atoms with Crippen LogP contribution in [0.1, 0.15) is 10.6 Å². The van der Waals surface area contributed by atoms with E-state index in [4.69, 9.17) is 0 Å². The van der Waals surface area contributed by atoms with Crippen LogP contribution in [0.5, 0.6) is 0 Å². The zero-order valence-electron chi connectivity index (χ0n) is 4.40. The predicted molar refractivity (Wildman–Crippen MR) is 26.4 cm³/mol. The SMILES string of the molecule is Cn1cnc(C=O)n1. The molecular weight excluding hydrogens is 106 g/mol. The Bertz CT molecular complexity index is 193. The summed E-state index contributed by atoms with van der Waals surface area (Å²) in [7, 11) is 1.71. The summed E-state index contributed by atoms with van der Waals surface area (Å²) < 4.78 is 1.48. The fourth-order valence-electron chi connectivity index (χ4n) is 0.410. The number of hydrogen-bond acceptors (Lipinski definition) is 3. The average Bonchev–Trinajstić information content (AvgIpc) is 2.14. The maximum absolute atomic E-state index is 9.88. The average molecular weight is 111 g/mol. The zero-order valence-corrected chi connectivity index (χ0v) is 4.40. The Morgan fingerprint density at radius 1 is 1.88 bits per heavy atom. The predicted octanol–water partition coefficient (Wildman–Crippen LogP) is -0.372. The third-order valence-electron chi connectivity index (χ3n) is 0.723. The molecule has 8 heavy (non-hydrogen) atoms. The highest BCUT2D eigenvalue weighted by molar-refractivity contribution is 5.68. The normalized spacial score (nSPS) is 9.12. The van der Waals surface area contributed by atoms with Crippen molar-refractivity contribution in [2.75, 3.05) is 0 Å². The molecule has 0 atom stereocenters. The van der Waals surface area contributed by atoms with Crippen molar-refractivity contribution in [3.05, 3.63) is 12.2 Å². The Balaban J connectivity index is 3.00. The summed E-state index contributed by atoms with van der Waals surface area (Å²) in [5.41, 5.74) is 0. The van der Waals surface area contributed by atoms with Gasteiger partial charge >= 0.3 is 0 Å². The summed E-state index contributed by atoms with van der Waals surface area (Å²) in [5, 5.41) is 3.67. The van der Waals surface area contributed by atoms with E-state index in [2.05, 4.69) is 10.1 Å². The largest absolute Gasteiger partial charge is 0.294 e. The summed E-state index contributed by atoms with van der Waals surface area (Å²) in [6.45, 7) is 0. The molecule has 0 saturated heterocycles. The minimum atomic E-state index is 0.229. The van der Waals surface area contributed by atoms with Crippen molar-refractivity contribution >= 4 is 6.29 Å². The van der Waals surface area contributed by atoms with Gasteiger partial charge in [0.2, 0.25) is 5.82 Å². The van der Waals surface area contributed by atoms with Crippen LogP contribution >= 0.6 is 0 Å². The van der Waals surface area contributed by atoms with E-state index < -0.39 is 0 Å². The van der Waals surface area contributed by atoms with E-state index in [1.165, 1.54) is 11.0 Å². The molecule has 0 aliphatic heterocycles. The molecule has 0 aliphatic rings. The number of nitrogens with zero attached hydrogens (tertiary/aromatic N) is 3. The van der Waals surface area contributed by atoms with E-state index in [0.29, 0.717) is 6.29 Å². The summed E-state index contributed by atoms with van der Waals surface area (Å²) in [6, 6.07) is 0. The van der Waals surface area contributed by atoms with E-state index in [-0.39, 0.29) is 5.82 Å². The topological polar surface area (TPSA) is 47.8 Å². The van der Waals surface area contributed by atoms with E-state index in [9.17, 15) is 4.79 Å². The summed E-state index contributed by atoms with van der Waals surface area (Å²) in [4.78, 5) is 13.5. The second-order valence-electron chi connectivity index (χ2n) is 1.39. The molecule has 0 aromatic carbocycles. The third kappa shape index (κ3) is 0.726. The van der Waals surface area contributed by atoms with Crippen molar-refractivity contribution in [3.8, 4) is 0 Å². The van der Waals surface area contributed by atoms with E-state index in [1.807, 2.05) is 0 Å². The van der Waals surface area contributed by atoms with E-state index in [0.717, 1.165) is 0 Å². The minimum Gasteiger partial charge on any atom is -0.294 e. The first kappa shape index (κ1) is 4.96. The molecule has 0 fully saturated rings. The fourth-order valence-corrected chi connectivity index (χ4v) is 0.410. The van der Waals surface area contributed by atoms with Crippen LogP contribution in [0.3, 0.4) is 0 Å². The van der Waals surface area contributed by atoms with Gasteiger partial charge in [0.05, 0.1) is 0 Å². The van der Waals surface area contributed by atoms with Crippen LogP contribution in [0.2, 0.25) is 0 Å². The Labute approximate surface area is 46.1 Å². The molecule has 4 nitrogen and oxygen atoms in total. The lowest BCUT2D eigenvalue weighted by Crippen LogP contribution is -1.88.